The van der Waals surface area contributed by atoms with Crippen LogP contribution in [-0.2, 0) is 0 Å². The fourth-order valence-corrected chi connectivity index (χ4v) is 0.932. The molecule has 1 N–H and O–H groups in total. The van der Waals surface area contributed by atoms with E-state index in [1.807, 2.05) is 36.4 Å². The van der Waals surface area contributed by atoms with Gasteiger partial charge in [-0.25, -0.2) is 0 Å². The highest BCUT2D eigenvalue weighted by Crippen LogP contribution is 2.06. The van der Waals surface area contributed by atoms with Gasteiger partial charge in [-0.15, -0.1) is 0 Å². The zero-order valence-electron chi connectivity index (χ0n) is 6.91. The Balaban J connectivity index is 2.88. The van der Waals surface area contributed by atoms with Gasteiger partial charge < -0.3 is 5.41 Å². The average molecular weight is 158 g/mol. The number of benzene rings is 1. The van der Waals surface area contributed by atoms with Gasteiger partial charge in [0.1, 0.15) is 0 Å². The van der Waals surface area contributed by atoms with Gasteiger partial charge in [-0.3, -0.25) is 0 Å². The Bertz CT molecular complexity index is 308. The lowest BCUT2D eigenvalue weighted by Gasteiger charge is -2.03. The number of nitrogens with one attached hydrogen (secondary N) is 1. The van der Waals surface area contributed by atoms with Gasteiger partial charge >= 0.3 is 0 Å². The van der Waals surface area contributed by atoms with Gasteiger partial charge in [-0.1, -0.05) is 30.3 Å². The molecule has 1 rings (SSSR count). The normalized spacial score (nSPS) is 11.7. The molecule has 0 radical (unpaired) electrons. The second-order valence-electron chi connectivity index (χ2n) is 2.63. The fraction of sp³-hybridized carbons (Fsp3) is 0.200. The third kappa shape index (κ3) is 1.70. The van der Waals surface area contributed by atoms with E-state index in [2.05, 4.69) is 0 Å². The minimum atomic E-state index is -0.326. The highest BCUT2D eigenvalue weighted by atomic mass is 14.4. The van der Waals surface area contributed by atoms with Gasteiger partial charge in [0, 0.05) is 0 Å². The van der Waals surface area contributed by atoms with Crippen molar-refractivity contribution in [1.29, 1.82) is 10.7 Å². The Hall–Kier alpha value is -1.62. The van der Waals surface area contributed by atoms with Crippen LogP contribution in [0.1, 0.15) is 12.5 Å². The Labute approximate surface area is 72.0 Å². The highest BCUT2D eigenvalue weighted by molar-refractivity contribution is 6.01. The van der Waals surface area contributed by atoms with Crippen LogP contribution < -0.4 is 0 Å². The summed E-state index contributed by atoms with van der Waals surface area (Å²) in [6, 6.07) is 11.4. The Morgan fingerprint density at radius 3 is 2.50 bits per heavy atom. The molecule has 60 valence electrons. The Morgan fingerprint density at radius 1 is 1.42 bits per heavy atom. The van der Waals surface area contributed by atoms with E-state index in [1.165, 1.54) is 0 Å². The first-order chi connectivity index (χ1) is 5.75. The molecule has 0 bridgehead atoms. The number of nitrogens with zero attached hydrogens (tertiary/aromatic N) is 1. The average Bonchev–Trinajstić information content (AvgIpc) is 2.17. The smallest absolute Gasteiger partial charge is 0.0855 e. The van der Waals surface area contributed by atoms with Crippen LogP contribution in [0.3, 0.4) is 0 Å². The van der Waals surface area contributed by atoms with Crippen molar-refractivity contribution >= 4 is 5.71 Å². The summed E-state index contributed by atoms with van der Waals surface area (Å²) in [6.45, 7) is 1.73. The molecule has 0 spiro atoms. The first-order valence-electron chi connectivity index (χ1n) is 3.79. The molecule has 2 nitrogen and oxygen atoms in total. The first kappa shape index (κ1) is 8.48. The molecule has 0 aromatic heterocycles. The molecule has 0 saturated heterocycles. The van der Waals surface area contributed by atoms with Crippen LogP contribution in [0, 0.1) is 22.7 Å². The summed E-state index contributed by atoms with van der Waals surface area (Å²) < 4.78 is 0. The molecule has 0 aliphatic carbocycles. The van der Waals surface area contributed by atoms with Crippen LogP contribution in [0.25, 0.3) is 0 Å². The summed E-state index contributed by atoms with van der Waals surface area (Å²) in [7, 11) is 0. The molecular weight excluding hydrogens is 148 g/mol. The van der Waals surface area contributed by atoms with E-state index in [9.17, 15) is 0 Å². The van der Waals surface area contributed by atoms with E-state index in [1.54, 1.807) is 6.92 Å². The Kier molecular flexibility index (Phi) is 2.60. The maximum Gasteiger partial charge on any atom is 0.0855 e. The van der Waals surface area contributed by atoms with E-state index >= 15 is 0 Å². The zero-order valence-corrected chi connectivity index (χ0v) is 6.91. The number of nitriles is 1. The molecule has 0 amide bonds. The van der Waals surface area contributed by atoms with Gasteiger partial charge in [-0.05, 0) is 12.5 Å². The SMILES string of the molecule is C[C@H](C#N)C(=N)c1ccccc1. The van der Waals surface area contributed by atoms with Crippen LogP contribution in [0.5, 0.6) is 0 Å². The van der Waals surface area contributed by atoms with Gasteiger partial charge in [0.05, 0.1) is 17.7 Å². The second-order valence-corrected chi connectivity index (χ2v) is 2.63. The lowest BCUT2D eigenvalue weighted by Crippen LogP contribution is -2.08. The Morgan fingerprint density at radius 2 is 2.00 bits per heavy atom. The molecule has 1 atom stereocenters. The predicted octanol–water partition coefficient (Wildman–Crippen LogP) is 2.21. The predicted molar refractivity (Wildman–Crippen MR) is 48.0 cm³/mol. The summed E-state index contributed by atoms with van der Waals surface area (Å²) in [4.78, 5) is 0. The lowest BCUT2D eigenvalue weighted by molar-refractivity contribution is 1.00. The number of hydrogen-bond acceptors (Lipinski definition) is 2. The standard InChI is InChI=1S/C10H10N2/c1-8(7-11)10(12)9-5-3-2-4-6-9/h2-6,8,12H,1H3/t8-/m1/s1. The lowest BCUT2D eigenvalue weighted by atomic mass is 10.0. The van der Waals surface area contributed by atoms with Crippen LogP contribution in [-0.4, -0.2) is 5.71 Å². The highest BCUT2D eigenvalue weighted by Gasteiger charge is 2.08. The van der Waals surface area contributed by atoms with E-state index in [-0.39, 0.29) is 5.92 Å². The molecule has 0 unspecified atom stereocenters. The van der Waals surface area contributed by atoms with E-state index in [4.69, 9.17) is 10.7 Å². The number of rotatable bonds is 2. The van der Waals surface area contributed by atoms with Gasteiger partial charge in [0.2, 0.25) is 0 Å². The molecule has 2 heteroatoms. The van der Waals surface area contributed by atoms with Crippen molar-refractivity contribution in [2.75, 3.05) is 0 Å². The van der Waals surface area contributed by atoms with E-state index in [0.29, 0.717) is 5.71 Å². The molecule has 1 aromatic carbocycles. The minimum absolute atomic E-state index is 0.326. The van der Waals surface area contributed by atoms with Crippen LogP contribution in [0.15, 0.2) is 30.3 Å². The van der Waals surface area contributed by atoms with Crippen molar-refractivity contribution in [1.82, 2.24) is 0 Å². The largest absolute Gasteiger partial charge is 0.303 e. The van der Waals surface area contributed by atoms with Gasteiger partial charge in [-0.2, -0.15) is 5.26 Å². The maximum absolute atomic E-state index is 8.58. The fourth-order valence-electron chi connectivity index (χ4n) is 0.932. The van der Waals surface area contributed by atoms with E-state index in [0.717, 1.165) is 5.56 Å². The van der Waals surface area contributed by atoms with Crippen LogP contribution in [0.2, 0.25) is 0 Å². The van der Waals surface area contributed by atoms with Crippen molar-refractivity contribution in [3.63, 3.8) is 0 Å². The van der Waals surface area contributed by atoms with E-state index < -0.39 is 0 Å². The van der Waals surface area contributed by atoms with Crippen molar-refractivity contribution in [2.45, 2.75) is 6.92 Å². The molecule has 0 heterocycles. The van der Waals surface area contributed by atoms with Crippen LogP contribution >= 0.6 is 0 Å². The minimum Gasteiger partial charge on any atom is -0.303 e. The maximum atomic E-state index is 8.58. The van der Waals surface area contributed by atoms with Gasteiger partial charge in [0.15, 0.2) is 0 Å². The van der Waals surface area contributed by atoms with Crippen molar-refractivity contribution in [3.05, 3.63) is 35.9 Å². The quantitative estimate of drug-likeness (QED) is 0.659. The summed E-state index contributed by atoms with van der Waals surface area (Å²) in [5, 5.41) is 16.2. The molecule has 0 aliphatic rings. The molecular formula is C10H10N2. The van der Waals surface area contributed by atoms with Crippen molar-refractivity contribution in [2.24, 2.45) is 5.92 Å². The topological polar surface area (TPSA) is 47.6 Å². The summed E-state index contributed by atoms with van der Waals surface area (Å²) in [6.07, 6.45) is 0. The van der Waals surface area contributed by atoms with Crippen molar-refractivity contribution < 1.29 is 0 Å². The number of hydrogen-bond donors (Lipinski definition) is 1. The second kappa shape index (κ2) is 3.68. The molecule has 12 heavy (non-hydrogen) atoms. The van der Waals surface area contributed by atoms with Gasteiger partial charge in [0.25, 0.3) is 0 Å². The van der Waals surface area contributed by atoms with Crippen molar-refractivity contribution in [3.8, 4) is 6.07 Å². The summed E-state index contributed by atoms with van der Waals surface area (Å²) in [5.74, 6) is -0.326. The molecule has 0 fully saturated rings. The molecule has 0 aliphatic heterocycles. The monoisotopic (exact) mass is 158 g/mol. The first-order valence-corrected chi connectivity index (χ1v) is 3.79. The third-order valence-corrected chi connectivity index (χ3v) is 1.71. The van der Waals surface area contributed by atoms with Crippen LogP contribution in [0.4, 0.5) is 0 Å². The summed E-state index contributed by atoms with van der Waals surface area (Å²) in [5.41, 5.74) is 1.21. The molecule has 1 aromatic rings. The zero-order chi connectivity index (χ0) is 8.97. The third-order valence-electron chi connectivity index (χ3n) is 1.71. The molecule has 0 saturated carbocycles. The summed E-state index contributed by atoms with van der Waals surface area (Å²) >= 11 is 0.